The van der Waals surface area contributed by atoms with Gasteiger partial charge in [-0.2, -0.15) is 13.2 Å². The fraction of sp³-hybridized carbons (Fsp3) is 0.600. The molecule has 1 aromatic heterocycles. The summed E-state index contributed by atoms with van der Waals surface area (Å²) in [4.78, 5) is 0. The van der Waals surface area contributed by atoms with Gasteiger partial charge in [-0.25, -0.2) is 17.2 Å². The summed E-state index contributed by atoms with van der Waals surface area (Å²) in [5, 5.41) is 4.00. The first-order chi connectivity index (χ1) is 7.52. The van der Waals surface area contributed by atoms with E-state index in [2.05, 4.69) is 10.2 Å². The SMILES string of the molecule is O=S(=O)(Cl)c1nnc(C(F)F)n1CC(F)(F)F. The van der Waals surface area contributed by atoms with Crippen LogP contribution in [-0.2, 0) is 15.6 Å². The summed E-state index contributed by atoms with van der Waals surface area (Å²) in [6.07, 6.45) is -8.32. The van der Waals surface area contributed by atoms with Crippen LogP contribution in [-0.4, -0.2) is 29.4 Å². The number of halogens is 6. The summed E-state index contributed by atoms with van der Waals surface area (Å²) in [5.41, 5.74) is 0. The van der Waals surface area contributed by atoms with Gasteiger partial charge >= 0.3 is 6.18 Å². The lowest BCUT2D eigenvalue weighted by molar-refractivity contribution is -0.143. The Hall–Kier alpha value is -0.970. The zero-order valence-corrected chi connectivity index (χ0v) is 9.19. The largest absolute Gasteiger partial charge is 0.406 e. The zero-order chi connectivity index (χ0) is 13.4. The molecule has 0 aliphatic carbocycles. The number of rotatable bonds is 3. The zero-order valence-electron chi connectivity index (χ0n) is 7.62. The van der Waals surface area contributed by atoms with E-state index in [9.17, 15) is 30.4 Å². The lowest BCUT2D eigenvalue weighted by Gasteiger charge is -2.10. The van der Waals surface area contributed by atoms with E-state index in [0.29, 0.717) is 0 Å². The van der Waals surface area contributed by atoms with Gasteiger partial charge in [0.05, 0.1) is 0 Å². The Balaban J connectivity index is 3.35. The fourth-order valence-corrected chi connectivity index (χ4v) is 1.87. The molecule has 98 valence electrons. The van der Waals surface area contributed by atoms with Gasteiger partial charge in [0.15, 0.2) is 0 Å². The Bertz CT molecular complexity index is 510. The molecule has 0 saturated carbocycles. The molecule has 5 nitrogen and oxygen atoms in total. The number of alkyl halides is 5. The third kappa shape index (κ3) is 3.49. The highest BCUT2D eigenvalue weighted by molar-refractivity contribution is 8.13. The quantitative estimate of drug-likeness (QED) is 0.629. The molecule has 0 fully saturated rings. The molecule has 0 N–H and O–H groups in total. The molecule has 0 saturated heterocycles. The minimum atomic E-state index is -4.91. The molecule has 0 unspecified atom stereocenters. The topological polar surface area (TPSA) is 64.8 Å². The summed E-state index contributed by atoms with van der Waals surface area (Å²) in [6, 6.07) is 0. The summed E-state index contributed by atoms with van der Waals surface area (Å²) in [5.74, 6) is -1.42. The lowest BCUT2D eigenvalue weighted by atomic mass is 10.5. The van der Waals surface area contributed by atoms with Crippen molar-refractivity contribution in [1.29, 1.82) is 0 Å². The summed E-state index contributed by atoms with van der Waals surface area (Å²) in [6.45, 7) is -1.97. The Kier molecular flexibility index (Phi) is 3.62. The van der Waals surface area contributed by atoms with Crippen LogP contribution < -0.4 is 0 Å². The maximum Gasteiger partial charge on any atom is 0.406 e. The second kappa shape index (κ2) is 4.37. The van der Waals surface area contributed by atoms with Crippen molar-refractivity contribution >= 4 is 19.7 Å². The van der Waals surface area contributed by atoms with E-state index in [1.54, 1.807) is 0 Å². The number of hydrogen-bond donors (Lipinski definition) is 0. The molecule has 0 aliphatic heterocycles. The van der Waals surface area contributed by atoms with Crippen molar-refractivity contribution in [3.63, 3.8) is 0 Å². The van der Waals surface area contributed by atoms with Gasteiger partial charge in [-0.15, -0.1) is 10.2 Å². The third-order valence-corrected chi connectivity index (χ3v) is 2.65. The lowest BCUT2D eigenvalue weighted by Crippen LogP contribution is -2.22. The van der Waals surface area contributed by atoms with Gasteiger partial charge in [-0.05, 0) is 0 Å². The number of hydrogen-bond acceptors (Lipinski definition) is 4. The third-order valence-electron chi connectivity index (χ3n) is 1.50. The molecule has 0 radical (unpaired) electrons. The second-order valence-corrected chi connectivity index (χ2v) is 5.24. The van der Waals surface area contributed by atoms with Crippen LogP contribution in [0.3, 0.4) is 0 Å². The molecule has 17 heavy (non-hydrogen) atoms. The number of aromatic nitrogens is 3. The summed E-state index contributed by atoms with van der Waals surface area (Å²) in [7, 11) is 0.0569. The highest BCUT2D eigenvalue weighted by Gasteiger charge is 2.35. The van der Waals surface area contributed by atoms with E-state index in [1.807, 2.05) is 0 Å². The highest BCUT2D eigenvalue weighted by atomic mass is 35.7. The summed E-state index contributed by atoms with van der Waals surface area (Å²) >= 11 is 0. The molecular weight excluding hydrogens is 297 g/mol. The Labute approximate surface area is 95.6 Å². The van der Waals surface area contributed by atoms with Crippen LogP contribution in [0.25, 0.3) is 0 Å². The Morgan fingerprint density at radius 1 is 1.29 bits per heavy atom. The Morgan fingerprint density at radius 3 is 2.18 bits per heavy atom. The maximum atomic E-state index is 12.3. The van der Waals surface area contributed by atoms with Gasteiger partial charge in [-0.1, -0.05) is 0 Å². The van der Waals surface area contributed by atoms with Crippen molar-refractivity contribution in [2.75, 3.05) is 0 Å². The standard InChI is InChI=1S/C5H3ClF5N3O2S/c6-17(15,16)4-13-12-3(2(7)8)14(4)1-5(9,10)11/h2H,1H2. The molecular formula is C5H3ClF5N3O2S. The molecule has 0 spiro atoms. The van der Waals surface area contributed by atoms with Crippen LogP contribution in [0.5, 0.6) is 0 Å². The first-order valence-corrected chi connectivity index (χ1v) is 6.06. The highest BCUT2D eigenvalue weighted by Crippen LogP contribution is 2.26. The van der Waals surface area contributed by atoms with Crippen molar-refractivity contribution < 1.29 is 30.4 Å². The van der Waals surface area contributed by atoms with Gasteiger partial charge in [0, 0.05) is 10.7 Å². The van der Waals surface area contributed by atoms with Crippen LogP contribution in [0.1, 0.15) is 12.2 Å². The van der Waals surface area contributed by atoms with Crippen LogP contribution in [0.2, 0.25) is 0 Å². The molecule has 0 amide bonds. The summed E-state index contributed by atoms with van der Waals surface area (Å²) < 4.78 is 82.1. The molecule has 0 aromatic carbocycles. The molecule has 1 rings (SSSR count). The minimum Gasteiger partial charge on any atom is -0.287 e. The predicted molar refractivity (Wildman–Crippen MR) is 44.1 cm³/mol. The predicted octanol–water partition coefficient (Wildman–Crippen LogP) is 1.71. The molecule has 1 heterocycles. The smallest absolute Gasteiger partial charge is 0.287 e. The average Bonchev–Trinajstić information content (AvgIpc) is 2.43. The van der Waals surface area contributed by atoms with Crippen LogP contribution >= 0.6 is 10.7 Å². The normalized spacial score (nSPS) is 13.4. The van der Waals surface area contributed by atoms with Crippen molar-refractivity contribution in [3.05, 3.63) is 5.82 Å². The van der Waals surface area contributed by atoms with Gasteiger partial charge in [-0.3, -0.25) is 4.57 Å². The monoisotopic (exact) mass is 299 g/mol. The van der Waals surface area contributed by atoms with Crippen molar-refractivity contribution in [2.24, 2.45) is 0 Å². The fourth-order valence-electron chi connectivity index (χ4n) is 0.970. The van der Waals surface area contributed by atoms with Crippen molar-refractivity contribution in [2.45, 2.75) is 24.3 Å². The second-order valence-electron chi connectivity index (χ2n) is 2.78. The van der Waals surface area contributed by atoms with Crippen LogP contribution in [0, 0.1) is 0 Å². The first-order valence-electron chi connectivity index (χ1n) is 3.75. The molecule has 0 aliphatic rings. The van der Waals surface area contributed by atoms with Crippen molar-refractivity contribution in [1.82, 2.24) is 14.8 Å². The van der Waals surface area contributed by atoms with E-state index in [1.165, 1.54) is 0 Å². The molecule has 0 bridgehead atoms. The van der Waals surface area contributed by atoms with Crippen molar-refractivity contribution in [3.8, 4) is 0 Å². The van der Waals surface area contributed by atoms with E-state index >= 15 is 0 Å². The van der Waals surface area contributed by atoms with E-state index in [4.69, 9.17) is 10.7 Å². The van der Waals surface area contributed by atoms with E-state index in [-0.39, 0.29) is 4.57 Å². The van der Waals surface area contributed by atoms with Gasteiger partial charge in [0.1, 0.15) is 6.54 Å². The Morgan fingerprint density at radius 2 is 1.82 bits per heavy atom. The van der Waals surface area contributed by atoms with E-state index in [0.717, 1.165) is 0 Å². The maximum absolute atomic E-state index is 12.3. The average molecular weight is 300 g/mol. The number of nitrogens with zero attached hydrogens (tertiary/aromatic N) is 3. The minimum absolute atomic E-state index is 0.285. The first kappa shape index (κ1) is 14.1. The molecule has 12 heteroatoms. The van der Waals surface area contributed by atoms with E-state index < -0.39 is 39.2 Å². The molecule has 0 atom stereocenters. The molecule has 1 aromatic rings. The van der Waals surface area contributed by atoms with Crippen LogP contribution in [0.4, 0.5) is 22.0 Å². The van der Waals surface area contributed by atoms with Gasteiger partial charge in [0.25, 0.3) is 20.6 Å². The van der Waals surface area contributed by atoms with Gasteiger partial charge in [0.2, 0.25) is 5.82 Å². The van der Waals surface area contributed by atoms with Gasteiger partial charge < -0.3 is 0 Å². The van der Waals surface area contributed by atoms with Crippen LogP contribution in [0.15, 0.2) is 5.16 Å².